The van der Waals surface area contributed by atoms with E-state index >= 15 is 0 Å². The van der Waals surface area contributed by atoms with Gasteiger partial charge in [-0.05, 0) is 61.4 Å². The van der Waals surface area contributed by atoms with E-state index < -0.39 is 17.1 Å². The molecule has 1 unspecified atom stereocenters. The molecular weight excluding hydrogens is 416 g/mol. The first kappa shape index (κ1) is 18.6. The smallest absolute Gasteiger partial charge is 0.255 e. The van der Waals surface area contributed by atoms with E-state index in [0.29, 0.717) is 24.2 Å². The Hall–Kier alpha value is -2.83. The largest absolute Gasteiger partial charge is 0.504 e. The van der Waals surface area contributed by atoms with E-state index in [1.807, 2.05) is 30.3 Å². The number of aromatic nitrogens is 1. The number of nitrogens with zero attached hydrogens (tertiary/aromatic N) is 1. The standard InChI is InChI=1S/C27H26N2O4/c30-19-8-7-15-11-20-27(32)12-17-16-3-1-2-4-18(16)28-25(31)21(17)24-26(27,22(15)23(19)33-24)9-10-29(20)13-14-5-6-14/h1-4,7-8,14,20,24,30,32H,5-6,9-13H2,(H,28,31)/t20?,24-,26-,27+/m0/s1. The zero-order valence-corrected chi connectivity index (χ0v) is 18.3. The minimum absolute atomic E-state index is 0.0351. The Morgan fingerprint density at radius 2 is 2.03 bits per heavy atom. The number of nitrogens with one attached hydrogen (secondary N) is 1. The number of pyridine rings is 1. The van der Waals surface area contributed by atoms with Gasteiger partial charge in [0, 0.05) is 35.5 Å². The molecule has 1 saturated carbocycles. The van der Waals surface area contributed by atoms with Crippen molar-refractivity contribution in [3.8, 4) is 11.5 Å². The SMILES string of the molecule is O=c1[nH]c2ccccc2c2c1[C@@H]1Oc3c(O)ccc4c3[C@@]13CCN(CC1CC1)C(C4)[C@]3(O)C2. The number of rotatable bonds is 2. The number of piperidine rings is 1. The van der Waals surface area contributed by atoms with E-state index in [2.05, 4.69) is 9.88 Å². The number of para-hydroxylation sites is 1. The van der Waals surface area contributed by atoms with Gasteiger partial charge in [-0.15, -0.1) is 0 Å². The van der Waals surface area contributed by atoms with Crippen molar-refractivity contribution in [3.63, 3.8) is 0 Å². The fourth-order valence-corrected chi connectivity index (χ4v) is 7.73. The zero-order chi connectivity index (χ0) is 22.1. The molecule has 3 aliphatic carbocycles. The molecule has 0 radical (unpaired) electrons. The summed E-state index contributed by atoms with van der Waals surface area (Å²) < 4.78 is 6.51. The summed E-state index contributed by atoms with van der Waals surface area (Å²) in [7, 11) is 0. The topological polar surface area (TPSA) is 85.8 Å². The van der Waals surface area contributed by atoms with Gasteiger partial charge in [-0.25, -0.2) is 0 Å². The molecule has 5 aliphatic rings. The van der Waals surface area contributed by atoms with E-state index in [9.17, 15) is 15.0 Å². The van der Waals surface area contributed by atoms with Crippen molar-refractivity contribution in [2.75, 3.05) is 13.1 Å². The molecule has 3 heterocycles. The van der Waals surface area contributed by atoms with Gasteiger partial charge in [-0.3, -0.25) is 9.69 Å². The first-order valence-corrected chi connectivity index (χ1v) is 12.1. The molecule has 8 rings (SSSR count). The molecule has 1 saturated heterocycles. The van der Waals surface area contributed by atoms with Crippen LogP contribution in [0.5, 0.6) is 11.5 Å². The van der Waals surface area contributed by atoms with Crippen LogP contribution in [0.4, 0.5) is 0 Å². The fraction of sp³-hybridized carbons (Fsp3) is 0.444. The Balaban J connectivity index is 1.45. The third-order valence-corrected chi connectivity index (χ3v) is 9.29. The number of ether oxygens (including phenoxy) is 1. The van der Waals surface area contributed by atoms with Gasteiger partial charge in [0.2, 0.25) is 0 Å². The van der Waals surface area contributed by atoms with Gasteiger partial charge in [-0.1, -0.05) is 24.3 Å². The Bertz CT molecular complexity index is 1430. The van der Waals surface area contributed by atoms with E-state index in [-0.39, 0.29) is 17.4 Å². The molecule has 4 atom stereocenters. The van der Waals surface area contributed by atoms with Crippen molar-refractivity contribution in [1.82, 2.24) is 9.88 Å². The molecule has 3 aromatic rings. The zero-order valence-electron chi connectivity index (χ0n) is 18.3. The van der Waals surface area contributed by atoms with E-state index in [0.717, 1.165) is 53.0 Å². The summed E-state index contributed by atoms with van der Waals surface area (Å²) in [6, 6.07) is 11.5. The molecule has 2 aliphatic heterocycles. The third-order valence-electron chi connectivity index (χ3n) is 9.29. The van der Waals surface area contributed by atoms with Gasteiger partial charge < -0.3 is 19.9 Å². The molecule has 6 heteroatoms. The molecular formula is C27H26N2O4. The highest BCUT2D eigenvalue weighted by molar-refractivity contribution is 5.84. The van der Waals surface area contributed by atoms with Crippen molar-refractivity contribution in [1.29, 1.82) is 0 Å². The normalized spacial score (nSPS) is 33.5. The van der Waals surface area contributed by atoms with Crippen LogP contribution in [-0.4, -0.2) is 44.8 Å². The van der Waals surface area contributed by atoms with Crippen LogP contribution >= 0.6 is 0 Å². The number of aromatic amines is 1. The number of likely N-dealkylation sites (tertiary alicyclic amines) is 1. The van der Waals surface area contributed by atoms with E-state index in [1.165, 1.54) is 12.8 Å². The molecule has 2 fully saturated rings. The molecule has 2 aromatic carbocycles. The fourth-order valence-electron chi connectivity index (χ4n) is 7.73. The van der Waals surface area contributed by atoms with Crippen LogP contribution in [0.2, 0.25) is 0 Å². The van der Waals surface area contributed by atoms with Crippen LogP contribution in [0.25, 0.3) is 10.9 Å². The first-order chi connectivity index (χ1) is 16.0. The maximum absolute atomic E-state index is 13.5. The average molecular weight is 443 g/mol. The lowest BCUT2D eigenvalue weighted by molar-refractivity contribution is -0.172. The molecule has 6 nitrogen and oxygen atoms in total. The maximum atomic E-state index is 13.5. The van der Waals surface area contributed by atoms with Crippen LogP contribution < -0.4 is 10.3 Å². The van der Waals surface area contributed by atoms with Crippen LogP contribution in [0.15, 0.2) is 41.2 Å². The quantitative estimate of drug-likeness (QED) is 0.568. The summed E-state index contributed by atoms with van der Waals surface area (Å²) in [6.45, 7) is 1.90. The summed E-state index contributed by atoms with van der Waals surface area (Å²) in [5.74, 6) is 1.29. The summed E-state index contributed by atoms with van der Waals surface area (Å²) in [5, 5.41) is 24.5. The summed E-state index contributed by atoms with van der Waals surface area (Å²) in [6.07, 6.45) is 3.82. The summed E-state index contributed by atoms with van der Waals surface area (Å²) in [5.41, 5.74) is 2.44. The first-order valence-electron chi connectivity index (χ1n) is 12.1. The van der Waals surface area contributed by atoms with Crippen LogP contribution in [0, 0.1) is 5.92 Å². The molecule has 1 aromatic heterocycles. The van der Waals surface area contributed by atoms with Crippen molar-refractivity contribution >= 4 is 10.9 Å². The predicted octanol–water partition coefficient (Wildman–Crippen LogP) is 2.93. The number of hydrogen-bond acceptors (Lipinski definition) is 5. The number of phenols is 1. The van der Waals surface area contributed by atoms with Gasteiger partial charge in [0.05, 0.1) is 16.6 Å². The number of hydrogen-bond donors (Lipinski definition) is 3. The second kappa shape index (κ2) is 5.80. The highest BCUT2D eigenvalue weighted by Gasteiger charge is 2.72. The Kier molecular flexibility index (Phi) is 3.27. The Morgan fingerprint density at radius 1 is 1.18 bits per heavy atom. The van der Waals surface area contributed by atoms with Crippen LogP contribution in [0.1, 0.15) is 47.6 Å². The van der Waals surface area contributed by atoms with E-state index in [1.54, 1.807) is 6.07 Å². The maximum Gasteiger partial charge on any atom is 0.255 e. The van der Waals surface area contributed by atoms with Gasteiger partial charge in [-0.2, -0.15) is 0 Å². The van der Waals surface area contributed by atoms with Crippen molar-refractivity contribution in [3.05, 3.63) is 69.0 Å². The van der Waals surface area contributed by atoms with Gasteiger partial charge >= 0.3 is 0 Å². The van der Waals surface area contributed by atoms with Crippen molar-refractivity contribution in [2.24, 2.45) is 5.92 Å². The summed E-state index contributed by atoms with van der Waals surface area (Å²) >= 11 is 0. The molecule has 33 heavy (non-hydrogen) atoms. The number of H-pyrrole nitrogens is 1. The van der Waals surface area contributed by atoms with Crippen LogP contribution in [0.3, 0.4) is 0 Å². The minimum atomic E-state index is -1.07. The Morgan fingerprint density at radius 3 is 2.88 bits per heavy atom. The number of aliphatic hydroxyl groups is 1. The third kappa shape index (κ3) is 2.06. The van der Waals surface area contributed by atoms with Crippen molar-refractivity contribution < 1.29 is 14.9 Å². The van der Waals surface area contributed by atoms with Crippen LogP contribution in [-0.2, 0) is 18.3 Å². The second-order valence-electron chi connectivity index (χ2n) is 10.8. The average Bonchev–Trinajstić information content (AvgIpc) is 3.54. The molecule has 1 spiro atoms. The lowest BCUT2D eigenvalue weighted by atomic mass is 9.48. The van der Waals surface area contributed by atoms with Gasteiger partial charge in [0.15, 0.2) is 11.5 Å². The number of benzene rings is 2. The molecule has 2 bridgehead atoms. The number of fused-ring (bicyclic) bond motifs is 4. The number of phenolic OH excluding ortho intramolecular Hbond substituents is 1. The van der Waals surface area contributed by atoms with Crippen molar-refractivity contribution in [2.45, 2.75) is 55.3 Å². The second-order valence-corrected chi connectivity index (χ2v) is 10.8. The van der Waals surface area contributed by atoms with E-state index in [4.69, 9.17) is 4.74 Å². The lowest BCUT2D eigenvalue weighted by Crippen LogP contribution is -2.75. The van der Waals surface area contributed by atoms with Gasteiger partial charge in [0.1, 0.15) is 6.10 Å². The molecule has 0 amide bonds. The highest BCUT2D eigenvalue weighted by atomic mass is 16.5. The number of aromatic hydroxyl groups is 1. The minimum Gasteiger partial charge on any atom is -0.504 e. The molecule has 168 valence electrons. The monoisotopic (exact) mass is 442 g/mol. The molecule has 3 N–H and O–H groups in total. The lowest BCUT2D eigenvalue weighted by Gasteiger charge is -2.63. The Labute approximate surface area is 190 Å². The summed E-state index contributed by atoms with van der Waals surface area (Å²) in [4.78, 5) is 19.0. The highest BCUT2D eigenvalue weighted by Crippen LogP contribution is 2.68. The van der Waals surface area contributed by atoms with Gasteiger partial charge in [0.25, 0.3) is 5.56 Å². The predicted molar refractivity (Wildman–Crippen MR) is 123 cm³/mol.